The predicted octanol–water partition coefficient (Wildman–Crippen LogP) is 7.59. The number of nitrogen functional groups attached to an aromatic ring is 1. The molecule has 3 aliphatic heterocycles. The third-order valence-electron chi connectivity index (χ3n) is 12.5. The molecule has 4 aromatic rings. The van der Waals surface area contributed by atoms with Gasteiger partial charge in [-0.05, 0) is 88.6 Å². The SMILES string of the molecule is C[C@@H]1CN(C(=O)c2ccc(NC(=O)c3cc(O[C@H](C)c4c(Cl)ccc(F)c4Cl)c(N)nn3)cc2)C[C@H](C)N1C(=O)CCCCCCCCCNc1cccc2c1C(=O)N(C1CCC(=O)NC1=O)C2=O. The maximum atomic E-state index is 14.1. The number of aromatic nitrogens is 2. The fourth-order valence-corrected chi connectivity index (χ4v) is 9.79. The van der Waals surface area contributed by atoms with E-state index < -0.39 is 47.5 Å². The molecule has 2 fully saturated rings. The van der Waals surface area contributed by atoms with Crippen LogP contribution in [0.25, 0.3) is 0 Å². The molecule has 20 heteroatoms. The highest BCUT2D eigenvalue weighted by molar-refractivity contribution is 6.36. The van der Waals surface area contributed by atoms with Crippen molar-refractivity contribution in [1.29, 1.82) is 0 Å². The molecule has 0 bridgehead atoms. The molecule has 1 unspecified atom stereocenters. The molecule has 4 atom stereocenters. The Morgan fingerprint density at radius 1 is 0.899 bits per heavy atom. The number of ether oxygens (including phenoxy) is 1. The van der Waals surface area contributed by atoms with Crippen LogP contribution < -0.4 is 26.4 Å². The molecule has 0 aliphatic carbocycles. The van der Waals surface area contributed by atoms with Crippen molar-refractivity contribution in [2.75, 3.05) is 36.0 Å². The van der Waals surface area contributed by atoms with Crippen LogP contribution in [0.1, 0.15) is 138 Å². The van der Waals surface area contributed by atoms with Crippen LogP contribution in [0.2, 0.25) is 10.0 Å². The summed E-state index contributed by atoms with van der Waals surface area (Å²) in [6.07, 6.45) is 6.25. The molecule has 0 radical (unpaired) electrons. The highest BCUT2D eigenvalue weighted by Crippen LogP contribution is 2.36. The second kappa shape index (κ2) is 22.2. The average molecular weight is 987 g/mol. The van der Waals surface area contributed by atoms with Crippen LogP contribution in [0.3, 0.4) is 0 Å². The third-order valence-corrected chi connectivity index (χ3v) is 13.3. The lowest BCUT2D eigenvalue weighted by Crippen LogP contribution is -2.59. The van der Waals surface area contributed by atoms with Gasteiger partial charge in [0.15, 0.2) is 17.3 Å². The van der Waals surface area contributed by atoms with Crippen LogP contribution in [0.5, 0.6) is 5.75 Å². The van der Waals surface area contributed by atoms with Gasteiger partial charge in [0, 0.05) is 78.2 Å². The Labute approximate surface area is 408 Å². The van der Waals surface area contributed by atoms with E-state index in [1.165, 1.54) is 12.1 Å². The number of imide groups is 2. The summed E-state index contributed by atoms with van der Waals surface area (Å²) in [5.74, 6) is -3.65. The zero-order valence-corrected chi connectivity index (χ0v) is 40.0. The van der Waals surface area contributed by atoms with E-state index in [1.807, 2.05) is 18.7 Å². The van der Waals surface area contributed by atoms with Crippen molar-refractivity contribution in [3.05, 3.63) is 104 Å². The van der Waals surface area contributed by atoms with Gasteiger partial charge in [-0.2, -0.15) is 0 Å². The zero-order chi connectivity index (χ0) is 49.5. The average Bonchev–Trinajstić information content (AvgIpc) is 3.57. The highest BCUT2D eigenvalue weighted by atomic mass is 35.5. The van der Waals surface area contributed by atoms with Crippen molar-refractivity contribution in [1.82, 2.24) is 30.2 Å². The Bertz CT molecular complexity index is 2640. The molecular formula is C49H54Cl2FN9O8. The molecule has 69 heavy (non-hydrogen) atoms. The maximum absolute atomic E-state index is 14.1. The summed E-state index contributed by atoms with van der Waals surface area (Å²) in [7, 11) is 0. The Morgan fingerprint density at radius 2 is 1.58 bits per heavy atom. The van der Waals surface area contributed by atoms with Gasteiger partial charge >= 0.3 is 0 Å². The first kappa shape index (κ1) is 50.2. The number of amides is 7. The van der Waals surface area contributed by atoms with Gasteiger partial charge in [-0.15, -0.1) is 10.2 Å². The lowest BCUT2D eigenvalue weighted by atomic mass is 10.0. The molecule has 7 amide bonds. The van der Waals surface area contributed by atoms with Gasteiger partial charge in [-0.3, -0.25) is 43.8 Å². The number of carbonyl (C=O) groups is 7. The smallest absolute Gasteiger partial charge is 0.276 e. The standard InChI is InChI=1S/C49H54Cl2FN9O8/c1-27-25-59(47(66)30-15-17-31(18-16-30)55-45(64)36-24-38(44(53)58-57-36)69-29(3)41-33(50)19-20-34(52)43(41)51)26-28(2)60(27)40(63)14-9-7-5-4-6-8-10-23-54-35-13-11-12-32-42(35)49(68)61(48(32)67)37-21-22-39(62)56-46(37)65/h11-13,15-20,24,27-29,37,54H,4-10,14,21-23,25-26H2,1-3H3,(H2,53,58)(H,55,64)(H,56,62,65)/t27-,28+,29-,37?/m1/s1. The number of carbonyl (C=O) groups excluding carboxylic acids is 7. The number of rotatable bonds is 18. The number of halogens is 3. The van der Waals surface area contributed by atoms with E-state index in [0.29, 0.717) is 43.0 Å². The number of nitrogens with one attached hydrogen (secondary N) is 3. The van der Waals surface area contributed by atoms with E-state index in [0.717, 1.165) is 55.9 Å². The minimum absolute atomic E-state index is 0.0109. The van der Waals surface area contributed by atoms with Gasteiger partial charge in [0.2, 0.25) is 17.7 Å². The van der Waals surface area contributed by atoms with Crippen LogP contribution >= 0.6 is 23.2 Å². The van der Waals surface area contributed by atoms with Gasteiger partial charge < -0.3 is 30.9 Å². The molecule has 5 N–H and O–H groups in total. The summed E-state index contributed by atoms with van der Waals surface area (Å²) in [6, 6.07) is 13.9. The van der Waals surface area contributed by atoms with E-state index in [4.69, 9.17) is 33.7 Å². The maximum Gasteiger partial charge on any atom is 0.276 e. The quantitative estimate of drug-likeness (QED) is 0.0430. The molecule has 0 spiro atoms. The summed E-state index contributed by atoms with van der Waals surface area (Å²) >= 11 is 12.4. The minimum atomic E-state index is -1.01. The molecule has 7 rings (SSSR count). The topological polar surface area (TPSA) is 226 Å². The summed E-state index contributed by atoms with van der Waals surface area (Å²) in [6.45, 7) is 6.84. The first-order valence-electron chi connectivity index (χ1n) is 23.1. The summed E-state index contributed by atoms with van der Waals surface area (Å²) < 4.78 is 20.0. The number of anilines is 3. The highest BCUT2D eigenvalue weighted by Gasteiger charge is 2.45. The number of nitrogens with two attached hydrogens (primary N) is 1. The lowest BCUT2D eigenvalue weighted by molar-refractivity contribution is -0.139. The molecule has 17 nitrogen and oxygen atoms in total. The van der Waals surface area contributed by atoms with Crippen LogP contribution in [0.15, 0.2) is 60.7 Å². The van der Waals surface area contributed by atoms with Crippen LogP contribution in [0.4, 0.5) is 21.6 Å². The van der Waals surface area contributed by atoms with Gasteiger partial charge in [0.05, 0.1) is 16.1 Å². The number of fused-ring (bicyclic) bond motifs is 1. The third kappa shape index (κ3) is 11.5. The Kier molecular flexibility index (Phi) is 16.1. The van der Waals surface area contributed by atoms with E-state index >= 15 is 0 Å². The first-order chi connectivity index (χ1) is 33.0. The summed E-state index contributed by atoms with van der Waals surface area (Å²) in [5.41, 5.74) is 7.90. The molecule has 3 aromatic carbocycles. The van der Waals surface area contributed by atoms with Crippen LogP contribution in [-0.4, -0.2) is 104 Å². The normalized spacial score (nSPS) is 18.5. The van der Waals surface area contributed by atoms with Gasteiger partial charge in [-0.1, -0.05) is 61.4 Å². The van der Waals surface area contributed by atoms with E-state index in [2.05, 4.69) is 26.1 Å². The van der Waals surface area contributed by atoms with E-state index in [9.17, 15) is 38.0 Å². The lowest BCUT2D eigenvalue weighted by Gasteiger charge is -2.44. The second-order valence-corrected chi connectivity index (χ2v) is 18.3. The van der Waals surface area contributed by atoms with E-state index in [1.54, 1.807) is 54.3 Å². The fourth-order valence-electron chi connectivity index (χ4n) is 9.11. The summed E-state index contributed by atoms with van der Waals surface area (Å²) in [5, 5.41) is 15.9. The second-order valence-electron chi connectivity index (χ2n) is 17.6. The number of piperazine rings is 1. The van der Waals surface area contributed by atoms with Crippen molar-refractivity contribution in [2.45, 2.75) is 109 Å². The first-order valence-corrected chi connectivity index (χ1v) is 23.8. The van der Waals surface area contributed by atoms with Gasteiger partial charge in [-0.25, -0.2) is 4.39 Å². The number of unbranched alkanes of at least 4 members (excludes halogenated alkanes) is 6. The van der Waals surface area contributed by atoms with Gasteiger partial charge in [0.25, 0.3) is 23.6 Å². The number of benzene rings is 3. The van der Waals surface area contributed by atoms with Crippen molar-refractivity contribution in [2.24, 2.45) is 0 Å². The van der Waals surface area contributed by atoms with Crippen molar-refractivity contribution in [3.63, 3.8) is 0 Å². The molecule has 364 valence electrons. The fraction of sp³-hybridized carbons (Fsp3) is 0.408. The number of hydrogen-bond acceptors (Lipinski definition) is 12. The Morgan fingerprint density at radius 3 is 2.28 bits per heavy atom. The molecule has 4 heterocycles. The Hall–Kier alpha value is -6.66. The van der Waals surface area contributed by atoms with Crippen LogP contribution in [-0.2, 0) is 14.4 Å². The Balaban J connectivity index is 0.792. The molecular weight excluding hydrogens is 932 g/mol. The van der Waals surface area contributed by atoms with Crippen LogP contribution in [0, 0.1) is 5.82 Å². The van der Waals surface area contributed by atoms with Crippen molar-refractivity contribution >= 4 is 81.7 Å². The van der Waals surface area contributed by atoms with E-state index in [-0.39, 0.29) is 80.7 Å². The summed E-state index contributed by atoms with van der Waals surface area (Å²) in [4.78, 5) is 95.2. The van der Waals surface area contributed by atoms with Crippen molar-refractivity contribution in [3.8, 4) is 5.75 Å². The zero-order valence-electron chi connectivity index (χ0n) is 38.5. The monoisotopic (exact) mass is 985 g/mol. The number of nitrogens with zero attached hydrogens (tertiary/aromatic N) is 5. The van der Waals surface area contributed by atoms with Crippen molar-refractivity contribution < 1.29 is 42.7 Å². The number of hydrogen-bond donors (Lipinski definition) is 4. The largest absolute Gasteiger partial charge is 0.482 e. The number of piperidine rings is 1. The molecule has 0 saturated carbocycles. The predicted molar refractivity (Wildman–Crippen MR) is 257 cm³/mol. The molecule has 2 saturated heterocycles. The minimum Gasteiger partial charge on any atom is -0.482 e. The van der Waals surface area contributed by atoms with Gasteiger partial charge in [0.1, 0.15) is 18.0 Å². The molecule has 3 aliphatic rings. The molecule has 1 aromatic heterocycles.